The second-order valence-electron chi connectivity index (χ2n) is 6.91. The topological polar surface area (TPSA) is 136 Å². The minimum absolute atomic E-state index is 0.212. The van der Waals surface area contributed by atoms with E-state index in [2.05, 4.69) is 41.0 Å². The van der Waals surface area contributed by atoms with Gasteiger partial charge in [-0.25, -0.2) is 34.8 Å². The molecule has 0 radical (unpaired) electrons. The van der Waals surface area contributed by atoms with E-state index in [0.717, 1.165) is 12.4 Å². The first-order valence-corrected chi connectivity index (χ1v) is 10.5. The van der Waals surface area contributed by atoms with Crippen LogP contribution in [0.5, 0.6) is 5.75 Å². The zero-order valence-electron chi connectivity index (χ0n) is 18.8. The Kier molecular flexibility index (Phi) is 7.33. The maximum atomic E-state index is 13.3. The van der Waals surface area contributed by atoms with Crippen LogP contribution in [0.25, 0.3) is 11.4 Å². The predicted octanol–water partition coefficient (Wildman–Crippen LogP) is 3.64. The molecule has 11 nitrogen and oxygen atoms in total. The summed E-state index contributed by atoms with van der Waals surface area (Å²) in [6.45, 7) is 2.04. The number of ether oxygens (including phenoxy) is 1. The van der Waals surface area contributed by atoms with Crippen molar-refractivity contribution in [3.8, 4) is 17.1 Å². The zero-order chi connectivity index (χ0) is 24.6. The van der Waals surface area contributed by atoms with Gasteiger partial charge >= 0.3 is 0 Å². The Balaban J connectivity index is 1.73. The fourth-order valence-electron chi connectivity index (χ4n) is 3.11. The molecule has 0 atom stereocenters. The normalized spacial score (nSPS) is 10.5. The van der Waals surface area contributed by atoms with E-state index in [1.807, 2.05) is 0 Å². The molecular weight excluding hydrogens is 455 g/mol. The van der Waals surface area contributed by atoms with E-state index in [1.54, 1.807) is 49.6 Å². The Hall–Kier alpha value is -4.71. The number of aromatic nitrogens is 5. The smallest absolute Gasteiger partial charge is 0.278 e. The average Bonchev–Trinajstić information content (AvgIpc) is 2.88. The van der Waals surface area contributed by atoms with Crippen molar-refractivity contribution in [2.45, 2.75) is 6.92 Å². The van der Waals surface area contributed by atoms with Crippen molar-refractivity contribution in [3.05, 3.63) is 72.7 Å². The molecule has 0 aliphatic carbocycles. The number of carbonyl (C=O) groups excluding carboxylic acids is 1. The van der Waals surface area contributed by atoms with Gasteiger partial charge in [-0.15, -0.1) is 0 Å². The van der Waals surface area contributed by atoms with E-state index in [1.165, 1.54) is 13.3 Å². The Morgan fingerprint density at radius 1 is 0.971 bits per heavy atom. The summed E-state index contributed by atoms with van der Waals surface area (Å²) >= 11 is 0. The Bertz CT molecular complexity index is 1310. The highest BCUT2D eigenvalue weighted by Crippen LogP contribution is 2.37. The molecular formula is C23H21FN8O3. The number of hydrogen-bond donors (Lipinski definition) is 3. The Morgan fingerprint density at radius 2 is 1.74 bits per heavy atom. The van der Waals surface area contributed by atoms with Crippen LogP contribution < -0.4 is 20.9 Å². The summed E-state index contributed by atoms with van der Waals surface area (Å²) in [6.07, 6.45) is 6.72. The van der Waals surface area contributed by atoms with E-state index in [-0.39, 0.29) is 11.4 Å². The van der Waals surface area contributed by atoms with Crippen LogP contribution in [-0.2, 0) is 4.84 Å². The highest BCUT2D eigenvalue weighted by molar-refractivity contribution is 6.00. The van der Waals surface area contributed by atoms with Crippen molar-refractivity contribution in [1.29, 1.82) is 0 Å². The van der Waals surface area contributed by atoms with Gasteiger partial charge in [0.15, 0.2) is 17.4 Å². The number of para-hydroxylation sites is 1. The minimum Gasteiger partial charge on any atom is -0.494 e. The van der Waals surface area contributed by atoms with Gasteiger partial charge in [-0.1, -0.05) is 6.07 Å². The number of methoxy groups -OCH3 is 1. The van der Waals surface area contributed by atoms with Crippen LogP contribution in [0.4, 0.5) is 27.5 Å². The number of carbonyl (C=O) groups is 1. The van der Waals surface area contributed by atoms with Gasteiger partial charge in [-0.05, 0) is 25.1 Å². The van der Waals surface area contributed by atoms with Crippen molar-refractivity contribution in [1.82, 2.24) is 30.4 Å². The van der Waals surface area contributed by atoms with Crippen LogP contribution in [-0.4, -0.2) is 44.5 Å². The summed E-state index contributed by atoms with van der Waals surface area (Å²) in [5.74, 6) is 0.356. The lowest BCUT2D eigenvalue weighted by atomic mass is 10.1. The summed E-state index contributed by atoms with van der Waals surface area (Å²) in [5, 5.41) is 6.19. The summed E-state index contributed by atoms with van der Waals surface area (Å²) in [5.41, 5.74) is 4.01. The van der Waals surface area contributed by atoms with Crippen molar-refractivity contribution < 1.29 is 18.8 Å². The second-order valence-corrected chi connectivity index (χ2v) is 6.91. The van der Waals surface area contributed by atoms with E-state index < -0.39 is 11.7 Å². The zero-order valence-corrected chi connectivity index (χ0v) is 18.8. The molecule has 0 unspecified atom stereocenters. The first-order valence-electron chi connectivity index (χ1n) is 10.5. The number of rotatable bonds is 9. The molecule has 4 rings (SSSR count). The first kappa shape index (κ1) is 23.4. The lowest BCUT2D eigenvalue weighted by Gasteiger charge is -2.17. The number of amides is 1. The molecule has 0 spiro atoms. The fraction of sp³-hybridized carbons (Fsp3) is 0.130. The molecule has 3 heterocycles. The van der Waals surface area contributed by atoms with Crippen molar-refractivity contribution in [2.75, 3.05) is 24.4 Å². The molecule has 0 aliphatic rings. The average molecular weight is 476 g/mol. The van der Waals surface area contributed by atoms with Crippen molar-refractivity contribution in [3.63, 3.8) is 0 Å². The third-order valence-corrected chi connectivity index (χ3v) is 4.61. The quantitative estimate of drug-likeness (QED) is 0.307. The molecule has 0 aliphatic heterocycles. The maximum Gasteiger partial charge on any atom is 0.278 e. The third kappa shape index (κ3) is 5.62. The van der Waals surface area contributed by atoms with E-state index >= 15 is 0 Å². The highest BCUT2D eigenvalue weighted by Gasteiger charge is 2.18. The van der Waals surface area contributed by atoms with E-state index in [0.29, 0.717) is 41.1 Å². The molecule has 0 saturated heterocycles. The van der Waals surface area contributed by atoms with Crippen LogP contribution in [0.1, 0.15) is 17.3 Å². The highest BCUT2D eigenvalue weighted by atomic mass is 19.1. The SMILES string of the molecule is CCONC(=O)c1cnc(Nc2ncccn2)cc1Nc1cccc(-c2ncc(F)cn2)c1OC. The molecule has 4 aromatic rings. The standard InChI is InChI=1S/C23H21FN8O3/c1-3-35-32-22(33)16-13-27-19(31-23-25-8-5-9-26-23)10-18(16)30-17-7-4-6-15(20(17)34-2)21-28-11-14(24)12-29-21/h4-13H,3H2,1-2H3,(H,32,33)(H2,25,26,27,30,31). The van der Waals surface area contributed by atoms with E-state index in [9.17, 15) is 9.18 Å². The summed E-state index contributed by atoms with van der Waals surface area (Å²) < 4.78 is 18.9. The minimum atomic E-state index is -0.550. The summed E-state index contributed by atoms with van der Waals surface area (Å²) in [6, 6.07) is 8.57. The molecule has 0 bridgehead atoms. The van der Waals surface area contributed by atoms with Gasteiger partial charge in [0.1, 0.15) is 5.82 Å². The lowest BCUT2D eigenvalue weighted by molar-refractivity contribution is 0.0365. The van der Waals surface area contributed by atoms with Crippen LogP contribution in [0.3, 0.4) is 0 Å². The van der Waals surface area contributed by atoms with Crippen LogP contribution in [0.2, 0.25) is 0 Å². The van der Waals surface area contributed by atoms with E-state index in [4.69, 9.17) is 9.57 Å². The number of nitrogens with one attached hydrogen (secondary N) is 3. The first-order chi connectivity index (χ1) is 17.1. The Morgan fingerprint density at radius 3 is 2.46 bits per heavy atom. The van der Waals surface area contributed by atoms with Gasteiger partial charge in [0.25, 0.3) is 5.91 Å². The molecule has 12 heteroatoms. The monoisotopic (exact) mass is 476 g/mol. The van der Waals surface area contributed by atoms with Gasteiger partial charge < -0.3 is 15.4 Å². The number of hydroxylamine groups is 1. The summed E-state index contributed by atoms with van der Waals surface area (Å²) in [4.78, 5) is 38.4. The largest absolute Gasteiger partial charge is 0.494 e. The van der Waals surface area contributed by atoms with Gasteiger partial charge in [-0.3, -0.25) is 9.63 Å². The number of hydrogen-bond acceptors (Lipinski definition) is 10. The number of halogens is 1. The summed E-state index contributed by atoms with van der Waals surface area (Å²) in [7, 11) is 1.49. The number of benzene rings is 1. The predicted molar refractivity (Wildman–Crippen MR) is 126 cm³/mol. The maximum absolute atomic E-state index is 13.3. The third-order valence-electron chi connectivity index (χ3n) is 4.61. The van der Waals surface area contributed by atoms with Gasteiger partial charge in [-0.2, -0.15) is 0 Å². The molecule has 1 aromatic carbocycles. The lowest BCUT2D eigenvalue weighted by Crippen LogP contribution is -2.24. The van der Waals surface area contributed by atoms with Crippen LogP contribution in [0, 0.1) is 5.82 Å². The van der Waals surface area contributed by atoms with Gasteiger partial charge in [0, 0.05) is 24.7 Å². The van der Waals surface area contributed by atoms with Crippen LogP contribution in [0.15, 0.2) is 61.3 Å². The van der Waals surface area contributed by atoms with Crippen molar-refractivity contribution >= 4 is 29.0 Å². The van der Waals surface area contributed by atoms with Gasteiger partial charge in [0.05, 0.1) is 48.6 Å². The molecule has 0 saturated carbocycles. The fourth-order valence-corrected chi connectivity index (χ4v) is 3.11. The number of anilines is 4. The molecule has 35 heavy (non-hydrogen) atoms. The molecule has 3 N–H and O–H groups in total. The molecule has 3 aromatic heterocycles. The second kappa shape index (κ2) is 10.9. The number of pyridine rings is 1. The molecule has 178 valence electrons. The van der Waals surface area contributed by atoms with Crippen LogP contribution >= 0.6 is 0 Å². The molecule has 1 amide bonds. The Labute approximate surface area is 199 Å². The van der Waals surface area contributed by atoms with Crippen molar-refractivity contribution in [2.24, 2.45) is 0 Å². The molecule has 0 fully saturated rings. The van der Waals surface area contributed by atoms with Gasteiger partial charge in [0.2, 0.25) is 5.95 Å². The number of nitrogens with zero attached hydrogens (tertiary/aromatic N) is 5.